The number of nitrogens with two attached hydrogens (primary N) is 1. The van der Waals surface area contributed by atoms with Crippen LogP contribution in [0.15, 0.2) is 24.5 Å². The van der Waals surface area contributed by atoms with Gasteiger partial charge in [-0.25, -0.2) is 9.78 Å². The van der Waals surface area contributed by atoms with Crippen molar-refractivity contribution in [1.29, 1.82) is 0 Å². The van der Waals surface area contributed by atoms with E-state index in [1.165, 1.54) is 23.2 Å². The second kappa shape index (κ2) is 6.50. The van der Waals surface area contributed by atoms with Gasteiger partial charge in [-0.2, -0.15) is 10.1 Å². The molecule has 0 radical (unpaired) electrons. The van der Waals surface area contributed by atoms with E-state index in [0.717, 1.165) is 0 Å². The molecule has 1 aliphatic heterocycles. The number of nitrogens with one attached hydrogen (secondary N) is 1. The number of nitrogen functional groups attached to an aromatic ring is 1. The van der Waals surface area contributed by atoms with E-state index < -0.39 is 5.97 Å². The third-order valence-electron chi connectivity index (χ3n) is 4.20. The Hall–Kier alpha value is -3.66. The Morgan fingerprint density at radius 3 is 2.86 bits per heavy atom. The molecule has 3 aromatic rings. The van der Waals surface area contributed by atoms with Crippen LogP contribution in [0.3, 0.4) is 0 Å². The zero-order valence-electron chi connectivity index (χ0n) is 14.5. The van der Waals surface area contributed by atoms with Crippen LogP contribution in [0.5, 0.6) is 0 Å². The normalized spacial score (nSPS) is 14.7. The van der Waals surface area contributed by atoms with Crippen molar-refractivity contribution in [2.75, 3.05) is 10.6 Å². The number of hydrogen-bond acceptors (Lipinski definition) is 6. The van der Waals surface area contributed by atoms with Crippen LogP contribution in [0, 0.1) is 0 Å². The number of hydrogen-bond donors (Lipinski definition) is 3. The molecule has 3 aromatic heterocycles. The lowest BCUT2D eigenvalue weighted by molar-refractivity contribution is -0.113. The summed E-state index contributed by atoms with van der Waals surface area (Å²) >= 11 is 6.25. The summed E-state index contributed by atoms with van der Waals surface area (Å²) in [6.45, 7) is 0.169. The predicted molar refractivity (Wildman–Crippen MR) is 101 cm³/mol. The molecule has 0 aromatic carbocycles. The van der Waals surface area contributed by atoms with Gasteiger partial charge >= 0.3 is 5.97 Å². The number of carboxylic acid groups (broad SMARTS) is 1. The number of carboxylic acids is 1. The Kier molecular flexibility index (Phi) is 4.12. The van der Waals surface area contributed by atoms with E-state index >= 15 is 0 Å². The van der Waals surface area contributed by atoms with Gasteiger partial charge < -0.3 is 15.8 Å². The third kappa shape index (κ3) is 2.99. The molecule has 4 N–H and O–H groups in total. The van der Waals surface area contributed by atoms with Crippen molar-refractivity contribution in [3.8, 4) is 0 Å². The van der Waals surface area contributed by atoms with Crippen LogP contribution in [0.25, 0.3) is 11.6 Å². The van der Waals surface area contributed by atoms with E-state index in [1.54, 1.807) is 24.0 Å². The van der Waals surface area contributed by atoms with Gasteiger partial charge in [-0.15, -0.1) is 0 Å². The lowest BCUT2D eigenvalue weighted by Crippen LogP contribution is -2.26. The molecule has 1 aliphatic rings. The minimum Gasteiger partial charge on any atom is -0.478 e. The van der Waals surface area contributed by atoms with Gasteiger partial charge in [0.25, 0.3) is 5.91 Å². The fourth-order valence-corrected chi connectivity index (χ4v) is 3.25. The Labute approximate surface area is 163 Å². The number of aryl methyl sites for hydroxylation is 1. The topological polar surface area (TPSA) is 143 Å². The molecule has 10 nitrogen and oxygen atoms in total. The number of rotatable bonds is 4. The first-order chi connectivity index (χ1) is 13.3. The molecule has 28 heavy (non-hydrogen) atoms. The summed E-state index contributed by atoms with van der Waals surface area (Å²) in [4.78, 5) is 36.5. The molecule has 4 heterocycles. The molecule has 0 saturated carbocycles. The molecule has 0 saturated heterocycles. The number of anilines is 2. The van der Waals surface area contributed by atoms with Crippen molar-refractivity contribution in [3.63, 3.8) is 0 Å². The van der Waals surface area contributed by atoms with Gasteiger partial charge in [-0.3, -0.25) is 14.4 Å². The highest BCUT2D eigenvalue weighted by molar-refractivity contribution is 6.41. The van der Waals surface area contributed by atoms with Crippen molar-refractivity contribution < 1.29 is 14.7 Å². The van der Waals surface area contributed by atoms with E-state index in [-0.39, 0.29) is 40.5 Å². The van der Waals surface area contributed by atoms with Crippen LogP contribution in [-0.2, 0) is 18.4 Å². The van der Waals surface area contributed by atoms with Gasteiger partial charge in [-0.1, -0.05) is 11.6 Å². The average Bonchev–Trinajstić information content (AvgIpc) is 3.31. The molecule has 0 atom stereocenters. The number of aromatic amines is 1. The molecule has 0 bridgehead atoms. The molecular formula is C17H14ClN7O3. The van der Waals surface area contributed by atoms with Gasteiger partial charge in [0.15, 0.2) is 5.82 Å². The Balaban J connectivity index is 1.81. The second-order valence-corrected chi connectivity index (χ2v) is 6.51. The van der Waals surface area contributed by atoms with Gasteiger partial charge in [-0.05, 0) is 18.2 Å². The molecule has 142 valence electrons. The summed E-state index contributed by atoms with van der Waals surface area (Å²) in [6.07, 6.45) is 4.61. The number of halogens is 1. The van der Waals surface area contributed by atoms with E-state index in [2.05, 4.69) is 20.1 Å². The van der Waals surface area contributed by atoms with Crippen molar-refractivity contribution >= 4 is 46.9 Å². The average molecular weight is 400 g/mol. The second-order valence-electron chi connectivity index (χ2n) is 6.15. The first-order valence-electron chi connectivity index (χ1n) is 8.10. The monoisotopic (exact) mass is 399 g/mol. The number of amides is 1. The highest BCUT2D eigenvalue weighted by Gasteiger charge is 2.37. The van der Waals surface area contributed by atoms with Crippen molar-refractivity contribution in [3.05, 3.63) is 52.2 Å². The summed E-state index contributed by atoms with van der Waals surface area (Å²) in [7, 11) is 1.77. The molecule has 0 fully saturated rings. The number of fused-ring (bicyclic) bond motifs is 1. The Morgan fingerprint density at radius 2 is 2.21 bits per heavy atom. The number of nitrogens with zero attached hydrogens (tertiary/aromatic N) is 5. The molecule has 4 rings (SSSR count). The van der Waals surface area contributed by atoms with Gasteiger partial charge in [0.1, 0.15) is 5.15 Å². The number of carbonyl (C=O) groups is 2. The maximum atomic E-state index is 13.1. The van der Waals surface area contributed by atoms with Crippen LogP contribution in [0.1, 0.15) is 27.3 Å². The number of carbonyl (C=O) groups excluding carboxylic acids is 1. The minimum atomic E-state index is -1.08. The van der Waals surface area contributed by atoms with Gasteiger partial charge in [0.2, 0.25) is 5.95 Å². The zero-order chi connectivity index (χ0) is 20.0. The zero-order valence-corrected chi connectivity index (χ0v) is 15.3. The first-order valence-corrected chi connectivity index (χ1v) is 8.48. The van der Waals surface area contributed by atoms with Gasteiger partial charge in [0, 0.05) is 25.1 Å². The lowest BCUT2D eigenvalue weighted by atomic mass is 10.1. The fraction of sp³-hybridized carbons (Fsp3) is 0.118. The summed E-state index contributed by atoms with van der Waals surface area (Å²) in [6, 6.07) is 3.20. The van der Waals surface area contributed by atoms with E-state index in [4.69, 9.17) is 22.4 Å². The highest BCUT2D eigenvalue weighted by Crippen LogP contribution is 2.41. The largest absolute Gasteiger partial charge is 0.478 e. The molecule has 11 heteroatoms. The van der Waals surface area contributed by atoms with Gasteiger partial charge in [0.05, 0.1) is 28.9 Å². The van der Waals surface area contributed by atoms with E-state index in [9.17, 15) is 9.59 Å². The quantitative estimate of drug-likeness (QED) is 0.446. The Bertz CT molecular complexity index is 1150. The Morgan fingerprint density at radius 1 is 1.43 bits per heavy atom. The molecule has 0 unspecified atom stereocenters. The van der Waals surface area contributed by atoms with Crippen molar-refractivity contribution in [2.45, 2.75) is 6.54 Å². The number of aromatic carboxylic acids is 1. The maximum Gasteiger partial charge on any atom is 0.337 e. The molecule has 1 amide bonds. The predicted octanol–water partition coefficient (Wildman–Crippen LogP) is 1.56. The summed E-state index contributed by atoms with van der Waals surface area (Å²) in [5.74, 6) is -1.22. The van der Waals surface area contributed by atoms with Crippen LogP contribution in [-0.4, -0.2) is 41.7 Å². The van der Waals surface area contributed by atoms with Crippen LogP contribution in [0.4, 0.5) is 11.8 Å². The van der Waals surface area contributed by atoms with Crippen molar-refractivity contribution in [1.82, 2.24) is 24.7 Å². The lowest BCUT2D eigenvalue weighted by Gasteiger charge is -2.14. The van der Waals surface area contributed by atoms with E-state index in [1.807, 2.05) is 0 Å². The highest BCUT2D eigenvalue weighted by atomic mass is 35.5. The van der Waals surface area contributed by atoms with E-state index in [0.29, 0.717) is 17.0 Å². The van der Waals surface area contributed by atoms with Crippen molar-refractivity contribution in [2.24, 2.45) is 7.05 Å². The number of H-pyrrole nitrogens is 1. The fourth-order valence-electron chi connectivity index (χ4n) is 2.98. The minimum absolute atomic E-state index is 0.0376. The smallest absolute Gasteiger partial charge is 0.337 e. The molecule has 0 spiro atoms. The summed E-state index contributed by atoms with van der Waals surface area (Å²) < 4.78 is 1.63. The standard InChI is InChI=1S/C17H14ClN7O3/c1-24-3-2-9(23-24)7-25-14-12(13(18)21-17(19)22-14)11(15(25)26)5-10-4-8(6-20-10)16(27)28/h2-6,20H,7H2,1H3,(H,27,28)(H2,19,21,22)/b11-5+. The first kappa shape index (κ1) is 17.7. The third-order valence-corrected chi connectivity index (χ3v) is 4.48. The maximum absolute atomic E-state index is 13.1. The molecule has 0 aliphatic carbocycles. The van der Waals surface area contributed by atoms with Crippen LogP contribution < -0.4 is 10.6 Å². The SMILES string of the molecule is Cn1ccc(CN2C(=O)/C(=C/c3cc(C(=O)O)c[nH]3)c3c(Cl)nc(N)nc32)n1. The van der Waals surface area contributed by atoms with Crippen LogP contribution >= 0.6 is 11.6 Å². The molecular weight excluding hydrogens is 386 g/mol. The number of aromatic nitrogens is 5. The van der Waals surface area contributed by atoms with Crippen LogP contribution in [0.2, 0.25) is 5.15 Å². The summed E-state index contributed by atoms with van der Waals surface area (Å²) in [5.41, 5.74) is 7.44. The summed E-state index contributed by atoms with van der Waals surface area (Å²) in [5, 5.41) is 13.4.